The molecule has 0 saturated carbocycles. The van der Waals surface area contributed by atoms with Gasteiger partial charge >= 0.3 is 0 Å². The van der Waals surface area contributed by atoms with E-state index in [2.05, 4.69) is 16.2 Å². The van der Waals surface area contributed by atoms with Crippen molar-refractivity contribution in [2.45, 2.75) is 12.8 Å². The number of amides is 1. The molecule has 0 aliphatic rings. The van der Waals surface area contributed by atoms with Crippen LogP contribution >= 0.6 is 12.2 Å². The summed E-state index contributed by atoms with van der Waals surface area (Å²) in [4.78, 5) is 11.8. The van der Waals surface area contributed by atoms with Crippen molar-refractivity contribution >= 4 is 28.9 Å². The van der Waals surface area contributed by atoms with E-state index >= 15 is 0 Å². The molecule has 2 aromatic carbocycles. The van der Waals surface area contributed by atoms with Gasteiger partial charge in [0.05, 0.1) is 19.4 Å². The summed E-state index contributed by atoms with van der Waals surface area (Å²) < 4.78 is 24.1. The van der Waals surface area contributed by atoms with Gasteiger partial charge in [-0.15, -0.1) is 0 Å². The highest BCUT2D eigenvalue weighted by Crippen LogP contribution is 2.17. The van der Waals surface area contributed by atoms with E-state index in [0.29, 0.717) is 18.8 Å². The standard InChI is InChI=1S/C18H20FN3O3S/c1-24-13-8-10-14(11-9-13)25-12-4-7-17(23)21-22-18(26)20-16-6-3-2-5-15(16)19/h2-3,5-6,8-11H,4,7,12H2,1H3,(H,21,23)(H2,20,22,26). The third-order valence-corrected chi connectivity index (χ3v) is 3.52. The number of nitrogens with one attached hydrogen (secondary N) is 3. The Kier molecular flexibility index (Phi) is 7.63. The Morgan fingerprint density at radius 3 is 2.46 bits per heavy atom. The zero-order valence-corrected chi connectivity index (χ0v) is 15.1. The van der Waals surface area contributed by atoms with Crippen molar-refractivity contribution in [3.05, 3.63) is 54.3 Å². The number of hydrazine groups is 1. The summed E-state index contributed by atoms with van der Waals surface area (Å²) >= 11 is 5.00. The molecule has 0 radical (unpaired) electrons. The van der Waals surface area contributed by atoms with Gasteiger partial charge in [-0.3, -0.25) is 15.6 Å². The Morgan fingerprint density at radius 2 is 1.77 bits per heavy atom. The summed E-state index contributed by atoms with van der Waals surface area (Å²) in [6.07, 6.45) is 0.790. The number of anilines is 1. The molecule has 0 fully saturated rings. The van der Waals surface area contributed by atoms with E-state index in [1.165, 1.54) is 6.07 Å². The fraction of sp³-hybridized carbons (Fsp3) is 0.222. The molecular weight excluding hydrogens is 357 g/mol. The Balaban J connectivity index is 1.61. The van der Waals surface area contributed by atoms with Gasteiger partial charge in [-0.05, 0) is 55.0 Å². The topological polar surface area (TPSA) is 71.6 Å². The Hall–Kier alpha value is -2.87. The van der Waals surface area contributed by atoms with Gasteiger partial charge < -0.3 is 14.8 Å². The quantitative estimate of drug-likeness (QED) is 0.391. The largest absolute Gasteiger partial charge is 0.497 e. The van der Waals surface area contributed by atoms with Crippen LogP contribution in [0.5, 0.6) is 11.5 Å². The first-order valence-corrected chi connectivity index (χ1v) is 8.36. The number of thiocarbonyl (C=S) groups is 1. The predicted molar refractivity (Wildman–Crippen MR) is 102 cm³/mol. The van der Waals surface area contributed by atoms with E-state index in [9.17, 15) is 9.18 Å². The molecule has 138 valence electrons. The predicted octanol–water partition coefficient (Wildman–Crippen LogP) is 3.01. The van der Waals surface area contributed by atoms with Crippen LogP contribution in [0.15, 0.2) is 48.5 Å². The second-order valence-corrected chi connectivity index (χ2v) is 5.64. The number of hydrogen-bond acceptors (Lipinski definition) is 4. The average molecular weight is 377 g/mol. The van der Waals surface area contributed by atoms with Crippen LogP contribution in [0.2, 0.25) is 0 Å². The first-order chi connectivity index (χ1) is 12.6. The lowest BCUT2D eigenvalue weighted by Crippen LogP contribution is -2.43. The van der Waals surface area contributed by atoms with Gasteiger partial charge in [-0.2, -0.15) is 0 Å². The van der Waals surface area contributed by atoms with Crippen LogP contribution in [0.1, 0.15) is 12.8 Å². The molecule has 0 aliphatic carbocycles. The van der Waals surface area contributed by atoms with Crippen molar-refractivity contribution in [3.8, 4) is 11.5 Å². The maximum absolute atomic E-state index is 13.5. The van der Waals surface area contributed by atoms with Crippen molar-refractivity contribution in [2.24, 2.45) is 0 Å². The maximum Gasteiger partial charge on any atom is 0.238 e. The Morgan fingerprint density at radius 1 is 1.08 bits per heavy atom. The normalized spacial score (nSPS) is 9.92. The molecule has 0 saturated heterocycles. The SMILES string of the molecule is COc1ccc(OCCCC(=O)NNC(=S)Nc2ccccc2F)cc1. The number of rotatable bonds is 7. The van der Waals surface area contributed by atoms with Gasteiger partial charge in [-0.1, -0.05) is 12.1 Å². The summed E-state index contributed by atoms with van der Waals surface area (Å²) in [5.41, 5.74) is 5.21. The van der Waals surface area contributed by atoms with Crippen LogP contribution in [0.25, 0.3) is 0 Å². The van der Waals surface area contributed by atoms with E-state index in [4.69, 9.17) is 21.7 Å². The number of methoxy groups -OCH3 is 1. The highest BCUT2D eigenvalue weighted by molar-refractivity contribution is 7.80. The zero-order chi connectivity index (χ0) is 18.8. The average Bonchev–Trinajstić information content (AvgIpc) is 2.66. The Bertz CT molecular complexity index is 741. The van der Waals surface area contributed by atoms with E-state index in [1.807, 2.05) is 0 Å². The number of carbonyl (C=O) groups excluding carboxylic acids is 1. The van der Waals surface area contributed by atoms with Crippen LogP contribution in [0.4, 0.5) is 10.1 Å². The first-order valence-electron chi connectivity index (χ1n) is 7.95. The fourth-order valence-electron chi connectivity index (χ4n) is 2.00. The molecule has 0 atom stereocenters. The molecule has 6 nitrogen and oxygen atoms in total. The molecule has 3 N–H and O–H groups in total. The summed E-state index contributed by atoms with van der Waals surface area (Å²) in [5, 5.41) is 2.75. The van der Waals surface area contributed by atoms with Gasteiger partial charge in [0.15, 0.2) is 5.11 Å². The molecule has 2 aromatic rings. The van der Waals surface area contributed by atoms with Gasteiger partial charge in [-0.25, -0.2) is 4.39 Å². The zero-order valence-electron chi connectivity index (χ0n) is 14.3. The molecule has 0 heterocycles. The highest BCUT2D eigenvalue weighted by atomic mass is 32.1. The summed E-state index contributed by atoms with van der Waals surface area (Å²) in [7, 11) is 1.60. The van der Waals surface area contributed by atoms with Gasteiger partial charge in [0.25, 0.3) is 0 Å². The molecule has 0 spiro atoms. The van der Waals surface area contributed by atoms with E-state index in [1.54, 1.807) is 49.6 Å². The minimum Gasteiger partial charge on any atom is -0.497 e. The number of ether oxygens (including phenoxy) is 2. The molecule has 0 aromatic heterocycles. The van der Waals surface area contributed by atoms with Crippen molar-refractivity contribution in [2.75, 3.05) is 19.0 Å². The molecular formula is C18H20FN3O3S. The summed E-state index contributed by atoms with van der Waals surface area (Å²) in [6, 6.07) is 13.3. The fourth-order valence-corrected chi connectivity index (χ4v) is 2.16. The molecule has 0 unspecified atom stereocenters. The Labute approximate surface area is 156 Å². The van der Waals surface area contributed by atoms with E-state index in [0.717, 1.165) is 5.75 Å². The molecule has 8 heteroatoms. The molecule has 0 bridgehead atoms. The number of benzene rings is 2. The van der Waals surface area contributed by atoms with Crippen LogP contribution in [0, 0.1) is 5.82 Å². The number of halogens is 1. The monoisotopic (exact) mass is 377 g/mol. The smallest absolute Gasteiger partial charge is 0.238 e. The van der Waals surface area contributed by atoms with Crippen LogP contribution < -0.4 is 25.6 Å². The molecule has 26 heavy (non-hydrogen) atoms. The van der Waals surface area contributed by atoms with Crippen molar-refractivity contribution in [3.63, 3.8) is 0 Å². The maximum atomic E-state index is 13.5. The minimum atomic E-state index is -0.432. The third kappa shape index (κ3) is 6.56. The number of carbonyl (C=O) groups is 1. The van der Waals surface area contributed by atoms with Gasteiger partial charge in [0.1, 0.15) is 17.3 Å². The summed E-state index contributed by atoms with van der Waals surface area (Å²) in [5.74, 6) is 0.780. The second-order valence-electron chi connectivity index (χ2n) is 5.23. The van der Waals surface area contributed by atoms with Gasteiger partial charge in [0, 0.05) is 6.42 Å². The summed E-state index contributed by atoms with van der Waals surface area (Å²) in [6.45, 7) is 0.400. The minimum absolute atomic E-state index is 0.0953. The van der Waals surface area contributed by atoms with Crippen molar-refractivity contribution in [1.29, 1.82) is 0 Å². The lowest BCUT2D eigenvalue weighted by molar-refractivity contribution is -0.121. The van der Waals surface area contributed by atoms with Crippen LogP contribution in [-0.2, 0) is 4.79 Å². The van der Waals surface area contributed by atoms with E-state index < -0.39 is 5.82 Å². The molecule has 2 rings (SSSR count). The lowest BCUT2D eigenvalue weighted by atomic mass is 10.3. The van der Waals surface area contributed by atoms with E-state index in [-0.39, 0.29) is 23.1 Å². The first kappa shape index (κ1) is 19.5. The van der Waals surface area contributed by atoms with Crippen molar-refractivity contribution in [1.82, 2.24) is 10.9 Å². The highest BCUT2D eigenvalue weighted by Gasteiger charge is 2.05. The second kappa shape index (κ2) is 10.2. The van der Waals surface area contributed by atoms with Crippen LogP contribution in [0.3, 0.4) is 0 Å². The van der Waals surface area contributed by atoms with Crippen LogP contribution in [-0.4, -0.2) is 24.7 Å². The lowest BCUT2D eigenvalue weighted by Gasteiger charge is -2.12. The van der Waals surface area contributed by atoms with Crippen molar-refractivity contribution < 1.29 is 18.7 Å². The third-order valence-electron chi connectivity index (χ3n) is 3.31. The number of para-hydroxylation sites is 1. The van der Waals surface area contributed by atoms with Gasteiger partial charge in [0.2, 0.25) is 5.91 Å². The molecule has 1 amide bonds. The molecule has 0 aliphatic heterocycles. The number of hydrogen-bond donors (Lipinski definition) is 3.